The molecule has 0 saturated carbocycles. The Bertz CT molecular complexity index is 954. The van der Waals surface area contributed by atoms with Gasteiger partial charge in [-0.2, -0.15) is 5.10 Å². The lowest BCUT2D eigenvalue weighted by Gasteiger charge is -2.13. The molecule has 0 aliphatic heterocycles. The van der Waals surface area contributed by atoms with E-state index in [2.05, 4.69) is 21.2 Å². The number of carbonyl (C=O) groups is 3. The second kappa shape index (κ2) is 12.9. The minimum atomic E-state index is -0.884. The van der Waals surface area contributed by atoms with Gasteiger partial charge in [0.05, 0.1) is 6.21 Å². The van der Waals surface area contributed by atoms with Gasteiger partial charge in [0.25, 0.3) is 5.91 Å². The molecule has 32 heavy (non-hydrogen) atoms. The van der Waals surface area contributed by atoms with Crippen molar-refractivity contribution in [3.05, 3.63) is 59.2 Å². The number of aryl methyl sites for hydroxylation is 2. The van der Waals surface area contributed by atoms with Crippen LogP contribution >= 0.6 is 0 Å². The third-order valence-electron chi connectivity index (χ3n) is 4.41. The molecule has 2 aromatic rings. The first-order chi connectivity index (χ1) is 15.4. The molecule has 0 atom stereocenters. The molecule has 170 valence electrons. The van der Waals surface area contributed by atoms with Gasteiger partial charge < -0.3 is 20.1 Å². The highest BCUT2D eigenvalue weighted by Gasteiger charge is 2.12. The number of nitrogens with zero attached hydrogens (tertiary/aromatic N) is 1. The molecule has 9 heteroatoms. The van der Waals surface area contributed by atoms with Crippen molar-refractivity contribution in [2.24, 2.45) is 5.10 Å². The van der Waals surface area contributed by atoms with Crippen molar-refractivity contribution in [2.45, 2.75) is 20.3 Å². The Balaban J connectivity index is 1.88. The number of hydrazone groups is 1. The van der Waals surface area contributed by atoms with Crippen LogP contribution in [0.25, 0.3) is 0 Å². The second-order valence-corrected chi connectivity index (χ2v) is 6.94. The molecule has 0 aliphatic rings. The minimum absolute atomic E-state index is 0.200. The van der Waals surface area contributed by atoms with Gasteiger partial charge in [-0.15, -0.1) is 0 Å². The van der Waals surface area contributed by atoms with Gasteiger partial charge in [-0.3, -0.25) is 14.4 Å². The van der Waals surface area contributed by atoms with Crippen LogP contribution in [0.3, 0.4) is 0 Å². The Labute approximate surface area is 187 Å². The number of carbonyl (C=O) groups excluding carboxylic acids is 3. The molecule has 0 radical (unpaired) electrons. The highest BCUT2D eigenvalue weighted by molar-refractivity contribution is 6.35. The number of hydrogen-bond donors (Lipinski definition) is 3. The third kappa shape index (κ3) is 7.84. The number of hydrogen-bond acceptors (Lipinski definition) is 6. The number of rotatable bonds is 10. The summed E-state index contributed by atoms with van der Waals surface area (Å²) in [5.41, 5.74) is 5.38. The highest BCUT2D eigenvalue weighted by Crippen LogP contribution is 2.20. The molecule has 0 aliphatic carbocycles. The molecule has 0 aromatic heterocycles. The molecule has 0 saturated heterocycles. The van der Waals surface area contributed by atoms with E-state index in [0.29, 0.717) is 30.9 Å². The van der Waals surface area contributed by atoms with Crippen LogP contribution in [0.4, 0.5) is 5.69 Å². The van der Waals surface area contributed by atoms with Gasteiger partial charge in [-0.1, -0.05) is 30.3 Å². The molecule has 0 fully saturated rings. The molecule has 0 unspecified atom stereocenters. The van der Waals surface area contributed by atoms with E-state index in [1.807, 2.05) is 32.0 Å². The van der Waals surface area contributed by atoms with Crippen molar-refractivity contribution in [3.63, 3.8) is 0 Å². The zero-order valence-corrected chi connectivity index (χ0v) is 18.4. The maximum absolute atomic E-state index is 12.3. The van der Waals surface area contributed by atoms with Gasteiger partial charge in [-0.05, 0) is 43.5 Å². The Morgan fingerprint density at radius 2 is 1.72 bits per heavy atom. The van der Waals surface area contributed by atoms with Crippen LogP contribution in [0.5, 0.6) is 5.75 Å². The zero-order chi connectivity index (χ0) is 23.3. The van der Waals surface area contributed by atoms with Crippen molar-refractivity contribution in [3.8, 4) is 5.75 Å². The predicted molar refractivity (Wildman–Crippen MR) is 122 cm³/mol. The maximum atomic E-state index is 12.3. The van der Waals surface area contributed by atoms with Crippen molar-refractivity contribution in [1.29, 1.82) is 0 Å². The largest absolute Gasteiger partial charge is 0.483 e. The summed E-state index contributed by atoms with van der Waals surface area (Å²) < 4.78 is 10.5. The van der Waals surface area contributed by atoms with Crippen molar-refractivity contribution < 1.29 is 23.9 Å². The molecular formula is C23H28N4O5. The summed E-state index contributed by atoms with van der Waals surface area (Å²) in [5, 5.41) is 9.12. The summed E-state index contributed by atoms with van der Waals surface area (Å²) >= 11 is 0. The standard InChI is InChI=1S/C23H28N4O5/c1-16-8-6-9-17(2)21(16)26-20(28)15-32-19-11-5-4-10-18(19)14-25-27-23(30)22(29)24-12-7-13-31-3/h4-6,8-11,14H,7,12-13,15H2,1-3H3,(H,24,29)(H,26,28)(H,27,30)/b25-14-. The van der Waals surface area contributed by atoms with Crippen molar-refractivity contribution in [1.82, 2.24) is 10.7 Å². The first kappa shape index (κ1) is 24.5. The number of benzene rings is 2. The van der Waals surface area contributed by atoms with Crippen LogP contribution in [0.1, 0.15) is 23.1 Å². The van der Waals surface area contributed by atoms with E-state index in [-0.39, 0.29) is 12.5 Å². The molecule has 3 amide bonds. The maximum Gasteiger partial charge on any atom is 0.329 e. The van der Waals surface area contributed by atoms with Crippen LogP contribution in [0, 0.1) is 13.8 Å². The van der Waals surface area contributed by atoms with Crippen molar-refractivity contribution in [2.75, 3.05) is 32.2 Å². The van der Waals surface area contributed by atoms with Crippen LogP contribution in [-0.2, 0) is 19.1 Å². The van der Waals surface area contributed by atoms with Gasteiger partial charge in [0.15, 0.2) is 6.61 Å². The van der Waals surface area contributed by atoms with E-state index in [4.69, 9.17) is 9.47 Å². The smallest absolute Gasteiger partial charge is 0.329 e. The van der Waals surface area contributed by atoms with E-state index in [0.717, 1.165) is 16.8 Å². The summed E-state index contributed by atoms with van der Waals surface area (Å²) in [4.78, 5) is 35.8. The van der Waals surface area contributed by atoms with Gasteiger partial charge in [0.2, 0.25) is 0 Å². The SMILES string of the molecule is COCCCNC(=O)C(=O)N/N=C\c1ccccc1OCC(=O)Nc1c(C)cccc1C. The second-order valence-electron chi connectivity index (χ2n) is 6.94. The molecule has 0 spiro atoms. The van der Waals surface area contributed by atoms with Gasteiger partial charge in [0, 0.05) is 31.5 Å². The van der Waals surface area contributed by atoms with E-state index in [1.54, 1.807) is 31.4 Å². The number of nitrogens with one attached hydrogen (secondary N) is 3. The number of methoxy groups -OCH3 is 1. The van der Waals surface area contributed by atoms with Crippen LogP contribution in [0.15, 0.2) is 47.6 Å². The summed E-state index contributed by atoms with van der Waals surface area (Å²) in [6.07, 6.45) is 1.94. The average Bonchev–Trinajstić information content (AvgIpc) is 2.78. The lowest BCUT2D eigenvalue weighted by atomic mass is 10.1. The normalized spacial score (nSPS) is 10.6. The zero-order valence-electron chi connectivity index (χ0n) is 18.4. The van der Waals surface area contributed by atoms with Gasteiger partial charge >= 0.3 is 11.8 Å². The average molecular weight is 441 g/mol. The van der Waals surface area contributed by atoms with E-state index >= 15 is 0 Å². The van der Waals surface area contributed by atoms with Gasteiger partial charge in [-0.25, -0.2) is 5.43 Å². The Morgan fingerprint density at radius 1 is 1.00 bits per heavy atom. The van der Waals surface area contributed by atoms with E-state index in [9.17, 15) is 14.4 Å². The Kier molecular flexibility index (Phi) is 9.86. The lowest BCUT2D eigenvalue weighted by Crippen LogP contribution is -2.38. The summed E-state index contributed by atoms with van der Waals surface area (Å²) in [6, 6.07) is 12.7. The fraction of sp³-hybridized carbons (Fsp3) is 0.304. The van der Waals surface area contributed by atoms with Crippen LogP contribution < -0.4 is 20.8 Å². The molecule has 0 heterocycles. The molecule has 2 aromatic carbocycles. The number of anilines is 1. The first-order valence-corrected chi connectivity index (χ1v) is 10.1. The number of amides is 3. The lowest BCUT2D eigenvalue weighted by molar-refractivity contribution is -0.139. The molecule has 9 nitrogen and oxygen atoms in total. The fourth-order valence-electron chi connectivity index (χ4n) is 2.76. The molecular weight excluding hydrogens is 412 g/mol. The van der Waals surface area contributed by atoms with Crippen molar-refractivity contribution >= 4 is 29.6 Å². The first-order valence-electron chi connectivity index (χ1n) is 10.1. The molecule has 0 bridgehead atoms. The Morgan fingerprint density at radius 3 is 2.44 bits per heavy atom. The summed E-state index contributed by atoms with van der Waals surface area (Å²) in [6.45, 7) is 4.45. The predicted octanol–water partition coefficient (Wildman–Crippen LogP) is 1.92. The summed E-state index contributed by atoms with van der Waals surface area (Å²) in [5.74, 6) is -1.56. The third-order valence-corrected chi connectivity index (χ3v) is 4.41. The summed E-state index contributed by atoms with van der Waals surface area (Å²) in [7, 11) is 1.56. The van der Waals surface area contributed by atoms with E-state index in [1.165, 1.54) is 6.21 Å². The Hall–Kier alpha value is -3.72. The minimum Gasteiger partial charge on any atom is -0.483 e. The quantitative estimate of drug-likeness (QED) is 0.226. The number of para-hydroxylation sites is 2. The monoisotopic (exact) mass is 440 g/mol. The highest BCUT2D eigenvalue weighted by atomic mass is 16.5. The number of ether oxygens (including phenoxy) is 2. The fourth-order valence-corrected chi connectivity index (χ4v) is 2.76. The van der Waals surface area contributed by atoms with Gasteiger partial charge in [0.1, 0.15) is 5.75 Å². The molecule has 2 rings (SSSR count). The topological polar surface area (TPSA) is 118 Å². The van der Waals surface area contributed by atoms with Crippen LogP contribution in [-0.4, -0.2) is 50.8 Å². The van der Waals surface area contributed by atoms with Crippen LogP contribution in [0.2, 0.25) is 0 Å². The van der Waals surface area contributed by atoms with E-state index < -0.39 is 11.8 Å². The molecule has 3 N–H and O–H groups in total.